The zero-order chi connectivity index (χ0) is 26.0. The largest absolute Gasteiger partial charge is 0.477 e. The van der Waals surface area contributed by atoms with E-state index in [0.717, 1.165) is 12.8 Å². The first-order valence-corrected chi connectivity index (χ1v) is 11.2. The maximum Gasteiger partial charge on any atom is 0.352 e. The van der Waals surface area contributed by atoms with Gasteiger partial charge in [-0.15, -0.1) is 11.8 Å². The van der Waals surface area contributed by atoms with Gasteiger partial charge in [0.2, 0.25) is 18.7 Å². The van der Waals surface area contributed by atoms with E-state index in [1.807, 2.05) is 6.07 Å². The molecule has 1 aromatic rings. The molecule has 0 aromatic heterocycles. The molecule has 3 atom stereocenters. The lowest BCUT2D eigenvalue weighted by atomic mass is 10.0. The summed E-state index contributed by atoms with van der Waals surface area (Å²) in [6.07, 6.45) is 1.50. The molecule has 1 aromatic carbocycles. The number of carbonyl (C=O) groups is 5. The Morgan fingerprint density at radius 2 is 1.65 bits per heavy atom. The number of β-lactam (4-membered cyclic amide) rings is 1. The van der Waals surface area contributed by atoms with Gasteiger partial charge in [-0.2, -0.15) is 0 Å². The number of fused-ring (bicyclic) bond motifs is 1. The second kappa shape index (κ2) is 13.4. The van der Waals surface area contributed by atoms with Gasteiger partial charge in [0.25, 0.3) is 5.91 Å². The van der Waals surface area contributed by atoms with Crippen LogP contribution >= 0.6 is 11.8 Å². The molecule has 2 heterocycles. The summed E-state index contributed by atoms with van der Waals surface area (Å²) in [7, 11) is 6.75. The lowest BCUT2D eigenvalue weighted by Crippen LogP contribution is -2.71. The molecule has 2 aliphatic heterocycles. The van der Waals surface area contributed by atoms with Crippen LogP contribution in [0.25, 0.3) is 0 Å². The summed E-state index contributed by atoms with van der Waals surface area (Å²) in [6, 6.07) is 7.23. The Morgan fingerprint density at radius 3 is 2.09 bits per heavy atom. The van der Waals surface area contributed by atoms with E-state index in [2.05, 4.69) is 5.32 Å². The Bertz CT molecular complexity index is 910. The average molecular weight is 494 g/mol. The van der Waals surface area contributed by atoms with Gasteiger partial charge in [0.15, 0.2) is 0 Å². The highest BCUT2D eigenvalue weighted by molar-refractivity contribution is 8.00. The van der Waals surface area contributed by atoms with Crippen molar-refractivity contribution in [2.45, 2.75) is 24.4 Å². The van der Waals surface area contributed by atoms with E-state index in [1.54, 1.807) is 59.4 Å². The summed E-state index contributed by atoms with van der Waals surface area (Å²) in [4.78, 5) is 59.0. The summed E-state index contributed by atoms with van der Waals surface area (Å²) >= 11 is 1.43. The number of benzene rings is 1. The highest BCUT2D eigenvalue weighted by atomic mass is 32.2. The minimum absolute atomic E-state index is 0.0154. The Labute approximate surface area is 202 Å². The van der Waals surface area contributed by atoms with Gasteiger partial charge in [0.05, 0.1) is 0 Å². The lowest BCUT2D eigenvalue weighted by molar-refractivity contribution is -0.150. The molecule has 0 aliphatic carbocycles. The number of hydrogen-bond donors (Lipinski definition) is 3. The predicted molar refractivity (Wildman–Crippen MR) is 128 cm³/mol. The lowest BCUT2D eigenvalue weighted by Gasteiger charge is -2.49. The average Bonchev–Trinajstić information content (AvgIpc) is 2.82. The monoisotopic (exact) mass is 493 g/mol. The number of thioether (sulfide) groups is 1. The van der Waals surface area contributed by atoms with Gasteiger partial charge in [0, 0.05) is 33.9 Å². The van der Waals surface area contributed by atoms with Crippen molar-refractivity contribution in [3.63, 3.8) is 0 Å². The van der Waals surface area contributed by atoms with Crippen molar-refractivity contribution in [1.82, 2.24) is 20.0 Å². The van der Waals surface area contributed by atoms with Crippen molar-refractivity contribution in [3.05, 3.63) is 47.2 Å². The number of aliphatic carboxylic acids is 1. The van der Waals surface area contributed by atoms with Crippen LogP contribution in [-0.4, -0.2) is 95.8 Å². The quantitative estimate of drug-likeness (QED) is 0.365. The van der Waals surface area contributed by atoms with Crippen LogP contribution in [0, 0.1) is 0 Å². The van der Waals surface area contributed by atoms with Crippen LogP contribution in [0.4, 0.5) is 0 Å². The second-order valence-corrected chi connectivity index (χ2v) is 8.96. The molecule has 4 amide bonds. The van der Waals surface area contributed by atoms with E-state index in [9.17, 15) is 29.1 Å². The minimum Gasteiger partial charge on any atom is -0.477 e. The summed E-state index contributed by atoms with van der Waals surface area (Å²) in [5.74, 6) is -1.50. The van der Waals surface area contributed by atoms with Crippen molar-refractivity contribution in [1.29, 1.82) is 0 Å². The number of nitrogens with two attached hydrogens (primary N) is 1. The Kier molecular flexibility index (Phi) is 11.3. The first kappa shape index (κ1) is 28.7. The minimum atomic E-state index is -1.13. The van der Waals surface area contributed by atoms with Crippen LogP contribution in [0.15, 0.2) is 41.6 Å². The topological polar surface area (TPSA) is 153 Å². The molecule has 1 fully saturated rings. The highest BCUT2D eigenvalue weighted by Crippen LogP contribution is 2.40. The molecule has 186 valence electrons. The van der Waals surface area contributed by atoms with Crippen LogP contribution in [0.5, 0.6) is 0 Å². The van der Waals surface area contributed by atoms with E-state index in [-0.39, 0.29) is 5.70 Å². The standard InChI is InChI=1S/C16H17N3O4S.2C3H7NO/c1-8-7-24-15-11(14(21)19(15)12(8)16(22)23)18-13(20)10(17)9-5-3-2-4-6-9;2*1-4(2)3-5/h2-6,10-11,15H,7,17H2,1H3,(H,18,20)(H,22,23);2*3H,1-2H3/t10-,11-,15-;;/m1../s1. The van der Waals surface area contributed by atoms with Crippen LogP contribution in [0.2, 0.25) is 0 Å². The molecule has 0 saturated carbocycles. The summed E-state index contributed by atoms with van der Waals surface area (Å²) < 4.78 is 0. The molecule has 34 heavy (non-hydrogen) atoms. The fourth-order valence-electron chi connectivity index (χ4n) is 2.83. The fourth-order valence-corrected chi connectivity index (χ4v) is 4.12. The number of nitrogens with zero attached hydrogens (tertiary/aromatic N) is 3. The third-order valence-corrected chi connectivity index (χ3v) is 5.95. The van der Waals surface area contributed by atoms with E-state index in [0.29, 0.717) is 16.9 Å². The molecule has 0 unspecified atom stereocenters. The van der Waals surface area contributed by atoms with Crippen molar-refractivity contribution >= 4 is 42.4 Å². The summed E-state index contributed by atoms with van der Waals surface area (Å²) in [5.41, 5.74) is 7.24. The molecule has 4 N–H and O–H groups in total. The number of hydrogen-bond acceptors (Lipinski definition) is 7. The number of amides is 4. The summed E-state index contributed by atoms with van der Waals surface area (Å²) in [5, 5.41) is 11.5. The molecule has 12 heteroatoms. The van der Waals surface area contributed by atoms with E-state index < -0.39 is 35.2 Å². The molecule has 1 saturated heterocycles. The summed E-state index contributed by atoms with van der Waals surface area (Å²) in [6.45, 7) is 1.69. The Morgan fingerprint density at radius 1 is 1.15 bits per heavy atom. The number of nitrogens with one attached hydrogen (secondary N) is 1. The first-order valence-electron chi connectivity index (χ1n) is 10.2. The highest BCUT2D eigenvalue weighted by Gasteiger charge is 2.53. The second-order valence-electron chi connectivity index (χ2n) is 7.86. The molecule has 0 radical (unpaired) electrons. The van der Waals surface area contributed by atoms with E-state index in [1.165, 1.54) is 26.5 Å². The molecule has 0 spiro atoms. The molecular formula is C22H31N5O6S. The SMILES string of the molecule is CC1=C(C(=O)O)N2C(=O)[C@@H](NC(=O)[C@H](N)c3ccccc3)[C@H]2SC1.CN(C)C=O.CN(C)C=O. The predicted octanol–water partition coefficient (Wildman–Crippen LogP) is -0.146. The van der Waals surface area contributed by atoms with Gasteiger partial charge in [-0.05, 0) is 18.1 Å². The van der Waals surface area contributed by atoms with Gasteiger partial charge < -0.3 is 26.0 Å². The molecule has 3 rings (SSSR count). The van der Waals surface area contributed by atoms with Gasteiger partial charge in [-0.25, -0.2) is 4.79 Å². The van der Waals surface area contributed by atoms with Gasteiger partial charge >= 0.3 is 5.97 Å². The molecule has 2 aliphatic rings. The van der Waals surface area contributed by atoms with Crippen molar-refractivity contribution in [2.75, 3.05) is 33.9 Å². The van der Waals surface area contributed by atoms with Gasteiger partial charge in [-0.1, -0.05) is 30.3 Å². The van der Waals surface area contributed by atoms with Crippen molar-refractivity contribution in [2.24, 2.45) is 5.73 Å². The van der Waals surface area contributed by atoms with Gasteiger partial charge in [0.1, 0.15) is 23.2 Å². The van der Waals surface area contributed by atoms with Gasteiger partial charge in [-0.3, -0.25) is 24.1 Å². The molecule has 11 nitrogen and oxygen atoms in total. The first-order chi connectivity index (χ1) is 16.0. The van der Waals surface area contributed by atoms with Crippen molar-refractivity contribution < 1.29 is 29.1 Å². The smallest absolute Gasteiger partial charge is 0.352 e. The zero-order valence-corrected chi connectivity index (χ0v) is 20.6. The number of carboxylic acids is 1. The maximum absolute atomic E-state index is 12.3. The van der Waals surface area contributed by atoms with Crippen LogP contribution in [0.3, 0.4) is 0 Å². The van der Waals surface area contributed by atoms with E-state index in [4.69, 9.17) is 5.73 Å². The third kappa shape index (κ3) is 7.59. The fraction of sp³-hybridized carbons (Fsp3) is 0.409. The molecule has 0 bridgehead atoms. The Hall–Kier alpha value is -3.38. The molecular weight excluding hydrogens is 462 g/mol. The van der Waals surface area contributed by atoms with Crippen LogP contribution < -0.4 is 11.1 Å². The number of rotatable bonds is 6. The zero-order valence-electron chi connectivity index (χ0n) is 19.8. The van der Waals surface area contributed by atoms with Crippen LogP contribution in [0.1, 0.15) is 18.5 Å². The number of carboxylic acid groups (broad SMARTS) is 1. The third-order valence-electron chi connectivity index (χ3n) is 4.52. The van der Waals surface area contributed by atoms with Crippen molar-refractivity contribution in [3.8, 4) is 0 Å². The Balaban J connectivity index is 0.000000489. The van der Waals surface area contributed by atoms with E-state index >= 15 is 0 Å². The number of carbonyl (C=O) groups excluding carboxylic acids is 4. The van der Waals surface area contributed by atoms with Crippen LogP contribution in [-0.2, 0) is 24.0 Å². The normalized spacial score (nSPS) is 19.0. The maximum atomic E-state index is 12.3.